The Morgan fingerprint density at radius 2 is 1.96 bits per heavy atom. The van der Waals surface area contributed by atoms with Gasteiger partial charge in [-0.05, 0) is 18.9 Å². The summed E-state index contributed by atoms with van der Waals surface area (Å²) in [5, 5.41) is 11.8. The molecule has 2 N–H and O–H groups in total. The predicted octanol–water partition coefficient (Wildman–Crippen LogP) is 2.80. The van der Waals surface area contributed by atoms with Crippen LogP contribution in [0.3, 0.4) is 0 Å². The van der Waals surface area contributed by atoms with Crippen LogP contribution in [0.15, 0.2) is 24.3 Å². The number of alkyl halides is 2. The molecule has 1 aliphatic rings. The zero-order valence-electron chi connectivity index (χ0n) is 13.1. The fraction of sp³-hybridized carbons (Fsp3) is 0.500. The smallest absolute Gasteiger partial charge is 0.317 e. The van der Waals surface area contributed by atoms with Crippen molar-refractivity contribution in [1.82, 2.24) is 10.2 Å². The molecular formula is C16H20F2N2O3. The van der Waals surface area contributed by atoms with E-state index in [9.17, 15) is 18.4 Å². The maximum atomic E-state index is 13.1. The van der Waals surface area contributed by atoms with Gasteiger partial charge in [0, 0.05) is 32.1 Å². The van der Waals surface area contributed by atoms with Crippen molar-refractivity contribution in [2.75, 3.05) is 13.1 Å². The molecule has 1 aromatic carbocycles. The highest BCUT2D eigenvalue weighted by Crippen LogP contribution is 2.30. The quantitative estimate of drug-likeness (QED) is 0.894. The van der Waals surface area contributed by atoms with E-state index in [0.717, 1.165) is 6.92 Å². The molecule has 1 atom stereocenters. The molecule has 5 nitrogen and oxygen atoms in total. The van der Waals surface area contributed by atoms with E-state index in [0.29, 0.717) is 18.5 Å². The fourth-order valence-electron chi connectivity index (χ4n) is 2.51. The first kappa shape index (κ1) is 17.2. The summed E-state index contributed by atoms with van der Waals surface area (Å²) in [4.78, 5) is 24.7. The van der Waals surface area contributed by atoms with Crippen LogP contribution < -0.4 is 5.32 Å². The SMILES string of the molecule is CC1(C(=O)O)CCN(C(=O)NCc2ccc(C(C)(F)F)cc2)C1. The Labute approximate surface area is 133 Å². The van der Waals surface area contributed by atoms with E-state index in [4.69, 9.17) is 5.11 Å². The number of nitrogens with zero attached hydrogens (tertiary/aromatic N) is 1. The van der Waals surface area contributed by atoms with Gasteiger partial charge in [0.15, 0.2) is 0 Å². The number of carboxylic acid groups (broad SMARTS) is 1. The van der Waals surface area contributed by atoms with Crippen LogP contribution in [0.4, 0.5) is 13.6 Å². The number of hydrogen-bond donors (Lipinski definition) is 2. The molecule has 0 saturated carbocycles. The summed E-state index contributed by atoms with van der Waals surface area (Å²) in [7, 11) is 0. The third-order valence-corrected chi connectivity index (χ3v) is 4.18. The molecule has 1 unspecified atom stereocenters. The minimum atomic E-state index is -2.89. The van der Waals surface area contributed by atoms with E-state index in [-0.39, 0.29) is 24.7 Å². The van der Waals surface area contributed by atoms with Crippen molar-refractivity contribution in [3.05, 3.63) is 35.4 Å². The molecule has 1 aliphatic heterocycles. The number of rotatable bonds is 4. The maximum absolute atomic E-state index is 13.1. The standard InChI is InChI=1S/C16H20F2N2O3/c1-15(13(21)22)7-8-20(10-15)14(23)19-9-11-3-5-12(6-4-11)16(2,17)18/h3-6H,7-10H2,1-2H3,(H,19,23)(H,21,22). The molecule has 7 heteroatoms. The number of hydrogen-bond acceptors (Lipinski definition) is 2. The number of carboxylic acids is 1. The average Bonchev–Trinajstić information content (AvgIpc) is 2.88. The van der Waals surface area contributed by atoms with Gasteiger partial charge in [-0.15, -0.1) is 0 Å². The molecule has 1 heterocycles. The zero-order valence-corrected chi connectivity index (χ0v) is 13.1. The molecule has 126 valence electrons. The predicted molar refractivity (Wildman–Crippen MR) is 80.2 cm³/mol. The highest BCUT2D eigenvalue weighted by molar-refractivity contribution is 5.79. The molecule has 0 spiro atoms. The maximum Gasteiger partial charge on any atom is 0.317 e. The Bertz CT molecular complexity index is 598. The summed E-state index contributed by atoms with van der Waals surface area (Å²) in [6.45, 7) is 3.20. The van der Waals surface area contributed by atoms with Crippen LogP contribution >= 0.6 is 0 Å². The third-order valence-electron chi connectivity index (χ3n) is 4.18. The number of likely N-dealkylation sites (tertiary alicyclic amines) is 1. The lowest BCUT2D eigenvalue weighted by molar-refractivity contribution is -0.147. The lowest BCUT2D eigenvalue weighted by Crippen LogP contribution is -2.40. The van der Waals surface area contributed by atoms with E-state index in [1.165, 1.54) is 17.0 Å². The monoisotopic (exact) mass is 326 g/mol. The van der Waals surface area contributed by atoms with Gasteiger partial charge in [-0.3, -0.25) is 4.79 Å². The van der Waals surface area contributed by atoms with Crippen LogP contribution in [0.2, 0.25) is 0 Å². The average molecular weight is 326 g/mol. The minimum Gasteiger partial charge on any atom is -0.481 e. The second kappa shape index (κ2) is 6.14. The lowest BCUT2D eigenvalue weighted by atomic mass is 9.90. The molecule has 23 heavy (non-hydrogen) atoms. The molecule has 1 saturated heterocycles. The van der Waals surface area contributed by atoms with E-state index < -0.39 is 17.3 Å². The third kappa shape index (κ3) is 3.97. The summed E-state index contributed by atoms with van der Waals surface area (Å²) in [5.74, 6) is -3.80. The van der Waals surface area contributed by atoms with Gasteiger partial charge in [0.25, 0.3) is 5.92 Å². The van der Waals surface area contributed by atoms with E-state index >= 15 is 0 Å². The summed E-state index contributed by atoms with van der Waals surface area (Å²) in [5.41, 5.74) is -0.290. The van der Waals surface area contributed by atoms with Crippen molar-refractivity contribution in [3.8, 4) is 0 Å². The van der Waals surface area contributed by atoms with Crippen molar-refractivity contribution in [2.45, 2.75) is 32.7 Å². The van der Waals surface area contributed by atoms with Crippen LogP contribution in [0.5, 0.6) is 0 Å². The molecule has 0 aromatic heterocycles. The van der Waals surface area contributed by atoms with E-state index in [2.05, 4.69) is 5.32 Å². The number of carbonyl (C=O) groups is 2. The molecule has 2 rings (SSSR count). The largest absolute Gasteiger partial charge is 0.481 e. The number of urea groups is 1. The molecule has 0 bridgehead atoms. The first-order chi connectivity index (χ1) is 10.6. The van der Waals surface area contributed by atoms with E-state index in [1.807, 2.05) is 0 Å². The van der Waals surface area contributed by atoms with Crippen molar-refractivity contribution in [2.24, 2.45) is 5.41 Å². The Morgan fingerprint density at radius 1 is 1.35 bits per heavy atom. The first-order valence-electron chi connectivity index (χ1n) is 7.35. The van der Waals surface area contributed by atoms with Gasteiger partial charge >= 0.3 is 12.0 Å². The van der Waals surface area contributed by atoms with Crippen molar-refractivity contribution >= 4 is 12.0 Å². The van der Waals surface area contributed by atoms with Crippen LogP contribution in [-0.2, 0) is 17.3 Å². The van der Waals surface area contributed by atoms with Crippen LogP contribution in [-0.4, -0.2) is 35.1 Å². The van der Waals surface area contributed by atoms with Crippen LogP contribution in [0.1, 0.15) is 31.4 Å². The Morgan fingerprint density at radius 3 is 2.43 bits per heavy atom. The Kier molecular flexibility index (Phi) is 4.58. The van der Waals surface area contributed by atoms with Crippen molar-refractivity contribution < 1.29 is 23.5 Å². The second-order valence-corrected chi connectivity index (χ2v) is 6.28. The van der Waals surface area contributed by atoms with Gasteiger partial charge in [-0.25, -0.2) is 13.6 Å². The number of nitrogens with one attached hydrogen (secondary N) is 1. The van der Waals surface area contributed by atoms with Gasteiger partial charge in [0.1, 0.15) is 0 Å². The fourth-order valence-corrected chi connectivity index (χ4v) is 2.51. The highest BCUT2D eigenvalue weighted by atomic mass is 19.3. The van der Waals surface area contributed by atoms with Gasteiger partial charge in [-0.2, -0.15) is 0 Å². The Balaban J connectivity index is 1.89. The molecule has 2 amide bonds. The second-order valence-electron chi connectivity index (χ2n) is 6.28. The number of benzene rings is 1. The number of halogens is 2. The van der Waals surface area contributed by atoms with Gasteiger partial charge in [-0.1, -0.05) is 24.3 Å². The normalized spacial score (nSPS) is 21.3. The summed E-state index contributed by atoms with van der Waals surface area (Å²) >= 11 is 0. The van der Waals surface area contributed by atoms with Crippen LogP contribution in [0.25, 0.3) is 0 Å². The molecule has 0 aliphatic carbocycles. The van der Waals surface area contributed by atoms with Crippen molar-refractivity contribution in [1.29, 1.82) is 0 Å². The molecule has 1 fully saturated rings. The summed E-state index contributed by atoms with van der Waals surface area (Å²) < 4.78 is 26.2. The summed E-state index contributed by atoms with van der Waals surface area (Å²) in [6.07, 6.45) is 0.413. The van der Waals surface area contributed by atoms with Crippen molar-refractivity contribution in [3.63, 3.8) is 0 Å². The lowest BCUT2D eigenvalue weighted by Gasteiger charge is -2.20. The number of carbonyl (C=O) groups excluding carboxylic acids is 1. The first-order valence-corrected chi connectivity index (χ1v) is 7.35. The van der Waals surface area contributed by atoms with Gasteiger partial charge in [0.05, 0.1) is 5.41 Å². The van der Waals surface area contributed by atoms with Crippen LogP contribution in [0, 0.1) is 5.41 Å². The Hall–Kier alpha value is -2.18. The summed E-state index contributed by atoms with van der Waals surface area (Å²) in [6, 6.07) is 5.40. The van der Waals surface area contributed by atoms with Gasteiger partial charge < -0.3 is 15.3 Å². The van der Waals surface area contributed by atoms with Gasteiger partial charge in [0.2, 0.25) is 0 Å². The highest BCUT2D eigenvalue weighted by Gasteiger charge is 2.42. The van der Waals surface area contributed by atoms with E-state index in [1.54, 1.807) is 19.1 Å². The number of aliphatic carboxylic acids is 1. The molecule has 1 aromatic rings. The topological polar surface area (TPSA) is 69.6 Å². The number of amides is 2. The molecule has 0 radical (unpaired) electrons. The molecular weight excluding hydrogens is 306 g/mol. The minimum absolute atomic E-state index is 0.0793. The zero-order chi connectivity index (χ0) is 17.3.